The van der Waals surface area contributed by atoms with E-state index in [4.69, 9.17) is 9.57 Å². The van der Waals surface area contributed by atoms with Gasteiger partial charge in [-0.3, -0.25) is 10.3 Å². The molecule has 4 heteroatoms. The van der Waals surface area contributed by atoms with Gasteiger partial charge in [-0.15, -0.1) is 0 Å². The summed E-state index contributed by atoms with van der Waals surface area (Å²) in [5.74, 6) is 0.854. The first-order chi connectivity index (χ1) is 11.1. The number of aryl methyl sites for hydroxylation is 1. The van der Waals surface area contributed by atoms with Crippen LogP contribution in [0.3, 0.4) is 0 Å². The highest BCUT2D eigenvalue weighted by Gasteiger charge is 2.14. The van der Waals surface area contributed by atoms with Crippen LogP contribution in [0.2, 0.25) is 0 Å². The molecule has 3 nitrogen and oxygen atoms in total. The highest BCUT2D eigenvalue weighted by Crippen LogP contribution is 2.38. The van der Waals surface area contributed by atoms with Crippen LogP contribution in [0.15, 0.2) is 40.9 Å². The van der Waals surface area contributed by atoms with Crippen LogP contribution < -0.4 is 10.2 Å². The average Bonchev–Trinajstić information content (AvgIpc) is 2.60. The molecule has 0 aliphatic rings. The SMILES string of the molecule is CCc1ccc(Br)c(NOC(C)CC)c1-c1ccc(OC)cc1. The van der Waals surface area contributed by atoms with Crippen LogP contribution in [0.5, 0.6) is 5.75 Å². The molecule has 0 aromatic heterocycles. The molecule has 1 N–H and O–H groups in total. The molecule has 1 atom stereocenters. The molecule has 1 unspecified atom stereocenters. The summed E-state index contributed by atoms with van der Waals surface area (Å²) in [5, 5.41) is 0. The molecule has 0 bridgehead atoms. The Morgan fingerprint density at radius 3 is 2.35 bits per heavy atom. The summed E-state index contributed by atoms with van der Waals surface area (Å²) in [5.41, 5.74) is 7.69. The maximum Gasteiger partial charge on any atom is 0.118 e. The largest absolute Gasteiger partial charge is 0.497 e. The Kier molecular flexibility index (Phi) is 6.48. The fourth-order valence-electron chi connectivity index (χ4n) is 2.35. The van der Waals surface area contributed by atoms with E-state index in [0.29, 0.717) is 0 Å². The predicted octanol–water partition coefficient (Wildman–Crippen LogP) is 5.83. The van der Waals surface area contributed by atoms with Crippen molar-refractivity contribution in [2.45, 2.75) is 39.7 Å². The van der Waals surface area contributed by atoms with E-state index >= 15 is 0 Å². The first-order valence-corrected chi connectivity index (χ1v) is 8.77. The van der Waals surface area contributed by atoms with Crippen molar-refractivity contribution in [2.75, 3.05) is 12.6 Å². The molecule has 2 rings (SSSR count). The van der Waals surface area contributed by atoms with Crippen LogP contribution in [0.25, 0.3) is 11.1 Å². The third-order valence-electron chi connectivity index (χ3n) is 3.94. The van der Waals surface area contributed by atoms with Gasteiger partial charge in [0.1, 0.15) is 5.75 Å². The summed E-state index contributed by atoms with van der Waals surface area (Å²) in [6, 6.07) is 12.3. The summed E-state index contributed by atoms with van der Waals surface area (Å²) in [6.07, 6.45) is 2.05. The van der Waals surface area contributed by atoms with Crippen molar-refractivity contribution in [3.8, 4) is 16.9 Å². The number of hydrogen-bond acceptors (Lipinski definition) is 3. The third kappa shape index (κ3) is 4.27. The molecular formula is C19H24BrNO2. The first-order valence-electron chi connectivity index (χ1n) is 7.98. The first kappa shape index (κ1) is 17.8. The van der Waals surface area contributed by atoms with Crippen molar-refractivity contribution in [3.63, 3.8) is 0 Å². The number of nitrogens with one attached hydrogen (secondary N) is 1. The number of ether oxygens (including phenoxy) is 1. The topological polar surface area (TPSA) is 30.5 Å². The smallest absolute Gasteiger partial charge is 0.118 e. The van der Waals surface area contributed by atoms with E-state index in [0.717, 1.165) is 39.9 Å². The number of halogens is 1. The van der Waals surface area contributed by atoms with E-state index in [2.05, 4.69) is 66.4 Å². The van der Waals surface area contributed by atoms with Crippen LogP contribution in [0, 0.1) is 0 Å². The Balaban J connectivity index is 2.47. The number of benzene rings is 2. The predicted molar refractivity (Wildman–Crippen MR) is 100.0 cm³/mol. The van der Waals surface area contributed by atoms with Crippen molar-refractivity contribution in [3.05, 3.63) is 46.4 Å². The Morgan fingerprint density at radius 2 is 1.78 bits per heavy atom. The lowest BCUT2D eigenvalue weighted by molar-refractivity contribution is 0.112. The fourth-order valence-corrected chi connectivity index (χ4v) is 2.76. The Morgan fingerprint density at radius 1 is 1.09 bits per heavy atom. The maximum atomic E-state index is 5.76. The standard InChI is InChI=1S/C19H24BrNO2/c1-5-13(3)23-21-19-17(20)12-9-14(6-2)18(19)15-7-10-16(22-4)11-8-15/h7-13,21H,5-6H2,1-4H3. The Hall–Kier alpha value is -1.52. The van der Waals surface area contributed by atoms with Gasteiger partial charge in [0.25, 0.3) is 0 Å². The van der Waals surface area contributed by atoms with Gasteiger partial charge >= 0.3 is 0 Å². The van der Waals surface area contributed by atoms with E-state index in [1.807, 2.05) is 12.1 Å². The minimum absolute atomic E-state index is 0.149. The van der Waals surface area contributed by atoms with Gasteiger partial charge in [0.15, 0.2) is 0 Å². The molecule has 0 spiro atoms. The second-order valence-electron chi connectivity index (χ2n) is 5.48. The third-order valence-corrected chi connectivity index (χ3v) is 4.60. The number of rotatable bonds is 7. The number of methoxy groups -OCH3 is 1. The van der Waals surface area contributed by atoms with Crippen molar-refractivity contribution < 1.29 is 9.57 Å². The van der Waals surface area contributed by atoms with Crippen LogP contribution in [0.1, 0.15) is 32.8 Å². The zero-order valence-electron chi connectivity index (χ0n) is 14.2. The lowest BCUT2D eigenvalue weighted by atomic mass is 9.96. The van der Waals surface area contributed by atoms with Crippen LogP contribution in [-0.4, -0.2) is 13.2 Å². The lowest BCUT2D eigenvalue weighted by Crippen LogP contribution is -2.13. The minimum atomic E-state index is 0.149. The van der Waals surface area contributed by atoms with Gasteiger partial charge < -0.3 is 4.74 Å². The summed E-state index contributed by atoms with van der Waals surface area (Å²) >= 11 is 3.64. The highest BCUT2D eigenvalue weighted by atomic mass is 79.9. The molecular weight excluding hydrogens is 354 g/mol. The molecule has 0 heterocycles. The van der Waals surface area contributed by atoms with Crippen LogP contribution in [0.4, 0.5) is 5.69 Å². The number of hydrogen-bond donors (Lipinski definition) is 1. The number of anilines is 1. The van der Waals surface area contributed by atoms with Gasteiger partial charge in [0.2, 0.25) is 0 Å². The Labute approximate surface area is 147 Å². The van der Waals surface area contributed by atoms with E-state index < -0.39 is 0 Å². The molecule has 0 amide bonds. The maximum absolute atomic E-state index is 5.76. The quantitative estimate of drug-likeness (QED) is 0.615. The lowest BCUT2D eigenvalue weighted by Gasteiger charge is -2.19. The van der Waals surface area contributed by atoms with Gasteiger partial charge in [0.05, 0.1) is 18.9 Å². The van der Waals surface area contributed by atoms with E-state index in [9.17, 15) is 0 Å². The highest BCUT2D eigenvalue weighted by molar-refractivity contribution is 9.10. The van der Waals surface area contributed by atoms with Gasteiger partial charge in [-0.25, -0.2) is 0 Å². The fraction of sp³-hybridized carbons (Fsp3) is 0.368. The molecule has 23 heavy (non-hydrogen) atoms. The zero-order valence-corrected chi connectivity index (χ0v) is 15.7. The monoisotopic (exact) mass is 377 g/mol. The van der Waals surface area contributed by atoms with Gasteiger partial charge in [-0.05, 0) is 65.0 Å². The molecule has 0 radical (unpaired) electrons. The normalized spacial score (nSPS) is 12.0. The summed E-state index contributed by atoms with van der Waals surface area (Å²) in [7, 11) is 1.68. The van der Waals surface area contributed by atoms with Crippen molar-refractivity contribution in [1.82, 2.24) is 0 Å². The average molecular weight is 378 g/mol. The summed E-state index contributed by atoms with van der Waals surface area (Å²) in [4.78, 5) is 5.76. The van der Waals surface area contributed by atoms with Gasteiger partial charge in [-0.1, -0.05) is 32.0 Å². The second-order valence-corrected chi connectivity index (χ2v) is 6.33. The van der Waals surface area contributed by atoms with Crippen molar-refractivity contribution in [1.29, 1.82) is 0 Å². The molecule has 2 aromatic rings. The van der Waals surface area contributed by atoms with Crippen LogP contribution >= 0.6 is 15.9 Å². The molecule has 0 fully saturated rings. The van der Waals surface area contributed by atoms with Gasteiger partial charge in [-0.2, -0.15) is 0 Å². The molecule has 124 valence electrons. The molecule has 0 aliphatic carbocycles. The van der Waals surface area contributed by atoms with Gasteiger partial charge in [0, 0.05) is 10.0 Å². The van der Waals surface area contributed by atoms with Crippen LogP contribution in [-0.2, 0) is 11.3 Å². The molecule has 0 saturated heterocycles. The van der Waals surface area contributed by atoms with E-state index in [-0.39, 0.29) is 6.10 Å². The molecule has 0 saturated carbocycles. The van der Waals surface area contributed by atoms with E-state index in [1.54, 1.807) is 7.11 Å². The van der Waals surface area contributed by atoms with E-state index in [1.165, 1.54) is 5.56 Å². The molecule has 0 aliphatic heterocycles. The van der Waals surface area contributed by atoms with Crippen molar-refractivity contribution >= 4 is 21.6 Å². The Bertz CT molecular complexity index is 641. The zero-order chi connectivity index (χ0) is 16.8. The summed E-state index contributed by atoms with van der Waals surface area (Å²) < 4.78 is 6.25. The molecule has 2 aromatic carbocycles. The second kappa shape index (κ2) is 8.37. The summed E-state index contributed by atoms with van der Waals surface area (Å²) in [6.45, 7) is 6.32. The van der Waals surface area contributed by atoms with Crippen molar-refractivity contribution in [2.24, 2.45) is 0 Å². The minimum Gasteiger partial charge on any atom is -0.497 e.